The van der Waals surface area contributed by atoms with Crippen molar-refractivity contribution in [3.05, 3.63) is 12.1 Å². The zero-order valence-corrected chi connectivity index (χ0v) is 14.9. The van der Waals surface area contributed by atoms with Gasteiger partial charge in [0, 0.05) is 33.9 Å². The quantitative estimate of drug-likeness (QED) is 0.406. The van der Waals surface area contributed by atoms with Gasteiger partial charge < -0.3 is 38.6 Å². The van der Waals surface area contributed by atoms with Crippen LogP contribution in [0.25, 0.3) is 0 Å². The van der Waals surface area contributed by atoms with Gasteiger partial charge in [-0.15, -0.1) is 0 Å². The van der Waals surface area contributed by atoms with E-state index in [1.807, 2.05) is 0 Å². The second-order valence-electron chi connectivity index (χ2n) is 5.25. The van der Waals surface area contributed by atoms with E-state index in [1.54, 1.807) is 20.5 Å². The summed E-state index contributed by atoms with van der Waals surface area (Å²) in [6.45, 7) is 7.13. The minimum Gasteiger partial charge on any atom is -0.496 e. The molecule has 0 aromatic heterocycles. The van der Waals surface area contributed by atoms with Crippen molar-refractivity contribution in [3.63, 3.8) is 0 Å². The zero-order valence-electron chi connectivity index (χ0n) is 14.9. The van der Waals surface area contributed by atoms with Gasteiger partial charge in [0.1, 0.15) is 18.7 Å². The van der Waals surface area contributed by atoms with Crippen LogP contribution in [0.1, 0.15) is 0 Å². The predicted octanol–water partition coefficient (Wildman–Crippen LogP) is -0.262. The molecular weight excluding hydrogens is 316 g/mol. The van der Waals surface area contributed by atoms with Crippen molar-refractivity contribution in [3.8, 4) is 0 Å². The summed E-state index contributed by atoms with van der Waals surface area (Å²) in [5, 5.41) is 8.80. The molecule has 8 nitrogen and oxygen atoms in total. The molecule has 1 rings (SSSR count). The zero-order chi connectivity index (χ0) is 17.5. The first kappa shape index (κ1) is 21.0. The molecule has 8 heteroatoms. The van der Waals surface area contributed by atoms with Crippen LogP contribution in [0.4, 0.5) is 0 Å². The number of ether oxygens (including phenoxy) is 5. The second kappa shape index (κ2) is 14.3. The molecule has 1 aliphatic rings. The summed E-state index contributed by atoms with van der Waals surface area (Å²) < 4.78 is 26.7. The largest absolute Gasteiger partial charge is 0.496 e. The molecule has 0 aromatic rings. The van der Waals surface area contributed by atoms with Crippen molar-refractivity contribution in [2.75, 3.05) is 93.3 Å². The Hall–Kier alpha value is -1.06. The normalized spacial score (nSPS) is 14.5. The maximum absolute atomic E-state index is 8.80. The van der Waals surface area contributed by atoms with E-state index in [1.165, 1.54) is 0 Å². The van der Waals surface area contributed by atoms with Gasteiger partial charge in [0.2, 0.25) is 0 Å². The molecule has 0 unspecified atom stereocenters. The number of aliphatic hydroxyl groups excluding tert-OH is 1. The summed E-state index contributed by atoms with van der Waals surface area (Å²) in [5.41, 5.74) is 0. The van der Waals surface area contributed by atoms with Crippen LogP contribution in [0.5, 0.6) is 0 Å². The van der Waals surface area contributed by atoms with Crippen LogP contribution in [0.2, 0.25) is 0 Å². The molecular formula is C16H32N2O6. The van der Waals surface area contributed by atoms with Crippen LogP contribution < -0.4 is 0 Å². The van der Waals surface area contributed by atoms with E-state index in [0.29, 0.717) is 52.8 Å². The first-order valence-corrected chi connectivity index (χ1v) is 8.39. The molecule has 0 aromatic carbocycles. The second-order valence-corrected chi connectivity index (χ2v) is 5.25. The van der Waals surface area contributed by atoms with E-state index < -0.39 is 0 Å². The van der Waals surface area contributed by atoms with Crippen molar-refractivity contribution in [1.29, 1.82) is 0 Å². The van der Waals surface area contributed by atoms with Crippen LogP contribution >= 0.6 is 0 Å². The molecule has 0 fully saturated rings. The van der Waals surface area contributed by atoms with Crippen LogP contribution in [0, 0.1) is 0 Å². The minimum absolute atomic E-state index is 0.0365. The fraction of sp³-hybridized carbons (Fsp3) is 0.875. The molecule has 0 amide bonds. The lowest BCUT2D eigenvalue weighted by Gasteiger charge is -2.37. The number of hydrogen-bond donors (Lipinski definition) is 1. The molecule has 0 bridgehead atoms. The molecule has 1 heterocycles. The van der Waals surface area contributed by atoms with E-state index in [4.69, 9.17) is 28.8 Å². The average molecular weight is 348 g/mol. The molecule has 24 heavy (non-hydrogen) atoms. The lowest BCUT2D eigenvalue weighted by atomic mass is 10.3. The molecule has 0 radical (unpaired) electrons. The van der Waals surface area contributed by atoms with Gasteiger partial charge in [-0.3, -0.25) is 0 Å². The Labute approximate surface area is 144 Å². The number of aliphatic hydroxyl groups is 1. The van der Waals surface area contributed by atoms with E-state index in [-0.39, 0.29) is 6.61 Å². The standard InChI is InChI=1S/C16H32N2O6/c1-20-8-3-17(4-9-22-12-7-19)16-15-24-11-6-18(16)5-10-23-14-13-21-2/h15,19H,3-14H2,1-2H3. The van der Waals surface area contributed by atoms with E-state index in [9.17, 15) is 0 Å². The van der Waals surface area contributed by atoms with Gasteiger partial charge in [-0.25, -0.2) is 0 Å². The predicted molar refractivity (Wildman–Crippen MR) is 89.7 cm³/mol. The molecule has 0 saturated heterocycles. The molecule has 1 aliphatic heterocycles. The van der Waals surface area contributed by atoms with Gasteiger partial charge >= 0.3 is 0 Å². The summed E-state index contributed by atoms with van der Waals surface area (Å²) in [4.78, 5) is 4.42. The van der Waals surface area contributed by atoms with Crippen molar-refractivity contribution in [2.45, 2.75) is 0 Å². The monoisotopic (exact) mass is 348 g/mol. The Bertz CT molecular complexity index is 330. The summed E-state index contributed by atoms with van der Waals surface area (Å²) in [7, 11) is 3.35. The van der Waals surface area contributed by atoms with Gasteiger partial charge in [-0.1, -0.05) is 0 Å². The SMILES string of the molecule is COCCOCCN1CCOC=C1N(CCOC)CCOCCO. The van der Waals surface area contributed by atoms with Crippen LogP contribution in [0.15, 0.2) is 12.1 Å². The third-order valence-electron chi connectivity index (χ3n) is 3.56. The average Bonchev–Trinajstić information content (AvgIpc) is 2.61. The minimum atomic E-state index is 0.0365. The Kier molecular flexibility index (Phi) is 12.5. The van der Waals surface area contributed by atoms with E-state index in [2.05, 4.69) is 9.80 Å². The molecule has 0 aliphatic carbocycles. The Balaban J connectivity index is 2.49. The molecule has 0 atom stereocenters. The molecule has 1 N–H and O–H groups in total. The highest BCUT2D eigenvalue weighted by Gasteiger charge is 2.20. The topological polar surface area (TPSA) is 72.9 Å². The van der Waals surface area contributed by atoms with Gasteiger partial charge in [0.05, 0.1) is 52.8 Å². The number of methoxy groups -OCH3 is 2. The summed E-state index contributed by atoms with van der Waals surface area (Å²) in [6, 6.07) is 0. The lowest BCUT2D eigenvalue weighted by molar-refractivity contribution is 0.0314. The van der Waals surface area contributed by atoms with Crippen molar-refractivity contribution in [2.24, 2.45) is 0 Å². The number of nitrogens with zero attached hydrogens (tertiary/aromatic N) is 2. The highest BCUT2D eigenvalue weighted by atomic mass is 16.5. The van der Waals surface area contributed by atoms with Gasteiger partial charge in [-0.2, -0.15) is 0 Å². The maximum atomic E-state index is 8.80. The molecule has 142 valence electrons. The fourth-order valence-electron chi connectivity index (χ4n) is 2.29. The van der Waals surface area contributed by atoms with Crippen LogP contribution in [-0.2, 0) is 23.7 Å². The van der Waals surface area contributed by atoms with E-state index in [0.717, 1.165) is 25.5 Å². The summed E-state index contributed by atoms with van der Waals surface area (Å²) >= 11 is 0. The number of rotatable bonds is 15. The fourth-order valence-corrected chi connectivity index (χ4v) is 2.29. The first-order valence-electron chi connectivity index (χ1n) is 8.39. The smallest absolute Gasteiger partial charge is 0.140 e. The molecule has 0 spiro atoms. The highest BCUT2D eigenvalue weighted by molar-refractivity contribution is 5.00. The third kappa shape index (κ3) is 8.70. The van der Waals surface area contributed by atoms with Gasteiger partial charge in [0.15, 0.2) is 0 Å². The first-order chi connectivity index (χ1) is 11.8. The maximum Gasteiger partial charge on any atom is 0.140 e. The third-order valence-corrected chi connectivity index (χ3v) is 3.56. The van der Waals surface area contributed by atoms with Crippen molar-refractivity contribution in [1.82, 2.24) is 9.80 Å². The Morgan fingerprint density at radius 1 is 1.04 bits per heavy atom. The number of hydrogen-bond acceptors (Lipinski definition) is 8. The van der Waals surface area contributed by atoms with E-state index >= 15 is 0 Å². The Morgan fingerprint density at radius 2 is 1.79 bits per heavy atom. The van der Waals surface area contributed by atoms with Gasteiger partial charge in [0.25, 0.3) is 0 Å². The lowest BCUT2D eigenvalue weighted by Crippen LogP contribution is -2.43. The van der Waals surface area contributed by atoms with Crippen LogP contribution in [-0.4, -0.2) is 108 Å². The van der Waals surface area contributed by atoms with Crippen molar-refractivity contribution >= 4 is 0 Å². The molecule has 0 saturated carbocycles. The van der Waals surface area contributed by atoms with Crippen LogP contribution in [0.3, 0.4) is 0 Å². The van der Waals surface area contributed by atoms with Gasteiger partial charge in [-0.05, 0) is 0 Å². The summed E-state index contributed by atoms with van der Waals surface area (Å²) in [6.07, 6.45) is 1.79. The Morgan fingerprint density at radius 3 is 2.54 bits per heavy atom. The van der Waals surface area contributed by atoms with Crippen molar-refractivity contribution < 1.29 is 28.8 Å². The summed E-state index contributed by atoms with van der Waals surface area (Å²) in [5.74, 6) is 1.02. The highest BCUT2D eigenvalue weighted by Crippen LogP contribution is 2.15.